The molecule has 110 valence electrons. The first kappa shape index (κ1) is 14.7. The van der Waals surface area contributed by atoms with Gasteiger partial charge in [0.15, 0.2) is 0 Å². The number of methoxy groups -OCH3 is 1. The molecule has 0 radical (unpaired) electrons. The van der Waals surface area contributed by atoms with Crippen LogP contribution in [0.4, 0.5) is 4.39 Å². The highest BCUT2D eigenvalue weighted by molar-refractivity contribution is 5.70. The normalized spacial score (nSPS) is 23.6. The Morgan fingerprint density at radius 3 is 2.90 bits per heavy atom. The van der Waals surface area contributed by atoms with Crippen LogP contribution in [-0.2, 0) is 11.3 Å². The molecule has 0 aromatic heterocycles. The quantitative estimate of drug-likeness (QED) is 0.866. The van der Waals surface area contributed by atoms with Crippen LogP contribution in [-0.4, -0.2) is 47.4 Å². The molecule has 1 fully saturated rings. The molecule has 0 bridgehead atoms. The number of aliphatic carboxylic acids is 1. The van der Waals surface area contributed by atoms with E-state index in [1.807, 2.05) is 4.90 Å². The molecule has 0 saturated carbocycles. The molecule has 2 N–H and O–H groups in total. The van der Waals surface area contributed by atoms with Crippen molar-refractivity contribution in [2.45, 2.75) is 19.1 Å². The molecule has 5 nitrogen and oxygen atoms in total. The summed E-state index contributed by atoms with van der Waals surface area (Å²) in [5.74, 6) is -1.48. The van der Waals surface area contributed by atoms with E-state index < -0.39 is 18.0 Å². The number of carboxylic acid groups (broad SMARTS) is 1. The van der Waals surface area contributed by atoms with Gasteiger partial charge in [0.2, 0.25) is 0 Å². The molecule has 1 aromatic carbocycles. The molecule has 2 rings (SSSR count). The topological polar surface area (TPSA) is 70.0 Å². The van der Waals surface area contributed by atoms with E-state index in [9.17, 15) is 14.3 Å². The van der Waals surface area contributed by atoms with Crippen LogP contribution in [0.15, 0.2) is 18.2 Å². The van der Waals surface area contributed by atoms with E-state index in [2.05, 4.69) is 0 Å². The number of likely N-dealkylation sites (tertiary alicyclic amines) is 1. The lowest BCUT2D eigenvalue weighted by molar-refractivity contribution is -0.148. The lowest BCUT2D eigenvalue weighted by atomic mass is 9.94. The third-order valence-corrected chi connectivity index (χ3v) is 3.63. The molecule has 1 heterocycles. The van der Waals surface area contributed by atoms with Crippen LogP contribution in [0.2, 0.25) is 0 Å². The van der Waals surface area contributed by atoms with E-state index >= 15 is 0 Å². The first-order chi connectivity index (χ1) is 9.51. The summed E-state index contributed by atoms with van der Waals surface area (Å²) in [5, 5.41) is 18.8. The monoisotopic (exact) mass is 283 g/mol. The van der Waals surface area contributed by atoms with Crippen LogP contribution < -0.4 is 4.74 Å². The van der Waals surface area contributed by atoms with Crippen molar-refractivity contribution >= 4 is 5.97 Å². The highest BCUT2D eigenvalue weighted by atomic mass is 19.1. The molecule has 2 atom stereocenters. The Bertz CT molecular complexity index is 494. The number of halogens is 1. The van der Waals surface area contributed by atoms with Gasteiger partial charge < -0.3 is 14.9 Å². The van der Waals surface area contributed by atoms with Crippen LogP contribution in [0, 0.1) is 11.7 Å². The zero-order valence-corrected chi connectivity index (χ0v) is 11.3. The maximum Gasteiger partial charge on any atom is 0.309 e. The van der Waals surface area contributed by atoms with Gasteiger partial charge in [-0.2, -0.15) is 0 Å². The lowest BCUT2D eigenvalue weighted by Gasteiger charge is -2.34. The number of hydrogen-bond donors (Lipinski definition) is 2. The van der Waals surface area contributed by atoms with Gasteiger partial charge in [0.25, 0.3) is 0 Å². The maximum atomic E-state index is 13.7. The number of carbonyl (C=O) groups is 1. The third kappa shape index (κ3) is 3.26. The number of piperidine rings is 1. The molecule has 0 amide bonds. The van der Waals surface area contributed by atoms with Gasteiger partial charge in [-0.05, 0) is 31.2 Å². The fourth-order valence-corrected chi connectivity index (χ4v) is 2.47. The third-order valence-electron chi connectivity index (χ3n) is 3.63. The summed E-state index contributed by atoms with van der Waals surface area (Å²) in [6, 6.07) is 4.50. The predicted molar refractivity (Wildman–Crippen MR) is 70.0 cm³/mol. The first-order valence-electron chi connectivity index (χ1n) is 6.47. The number of hydrogen-bond acceptors (Lipinski definition) is 4. The summed E-state index contributed by atoms with van der Waals surface area (Å²) in [7, 11) is 1.51. The van der Waals surface area contributed by atoms with Crippen molar-refractivity contribution in [3.63, 3.8) is 0 Å². The number of aliphatic hydroxyl groups excluding tert-OH is 1. The first-order valence-corrected chi connectivity index (χ1v) is 6.47. The van der Waals surface area contributed by atoms with Gasteiger partial charge in [-0.25, -0.2) is 4.39 Å². The number of rotatable bonds is 4. The van der Waals surface area contributed by atoms with Crippen molar-refractivity contribution < 1.29 is 24.1 Å². The Morgan fingerprint density at radius 1 is 1.55 bits per heavy atom. The van der Waals surface area contributed by atoms with Gasteiger partial charge in [-0.15, -0.1) is 0 Å². The number of β-amino-alcohol motifs (C(OH)–C–C–N with tert-alkyl or cyclic N) is 1. The van der Waals surface area contributed by atoms with Crippen LogP contribution in [0.1, 0.15) is 12.0 Å². The van der Waals surface area contributed by atoms with E-state index in [0.29, 0.717) is 30.8 Å². The second-order valence-electron chi connectivity index (χ2n) is 4.99. The molecule has 0 unspecified atom stereocenters. The van der Waals surface area contributed by atoms with E-state index in [1.54, 1.807) is 12.1 Å². The van der Waals surface area contributed by atoms with E-state index in [0.717, 1.165) is 0 Å². The van der Waals surface area contributed by atoms with Crippen LogP contribution in [0.25, 0.3) is 0 Å². The maximum absolute atomic E-state index is 13.7. The summed E-state index contributed by atoms with van der Waals surface area (Å²) in [6.07, 6.45) is -0.558. The van der Waals surface area contributed by atoms with Crippen molar-refractivity contribution in [1.29, 1.82) is 0 Å². The highest BCUT2D eigenvalue weighted by Crippen LogP contribution is 2.22. The van der Waals surface area contributed by atoms with Crippen LogP contribution in [0.3, 0.4) is 0 Å². The van der Waals surface area contributed by atoms with E-state index in [1.165, 1.54) is 13.2 Å². The van der Waals surface area contributed by atoms with Gasteiger partial charge in [-0.3, -0.25) is 9.69 Å². The predicted octanol–water partition coefficient (Wildman–Crippen LogP) is 1.10. The Labute approximate surface area is 116 Å². The smallest absolute Gasteiger partial charge is 0.309 e. The lowest BCUT2D eigenvalue weighted by Crippen LogP contribution is -2.46. The Hall–Kier alpha value is -1.66. The number of aliphatic hydroxyl groups is 1. The van der Waals surface area contributed by atoms with Gasteiger partial charge >= 0.3 is 5.97 Å². The zero-order valence-electron chi connectivity index (χ0n) is 11.3. The fourth-order valence-electron chi connectivity index (χ4n) is 2.47. The Balaban J connectivity index is 2.03. The van der Waals surface area contributed by atoms with Gasteiger partial charge in [0.05, 0.1) is 19.1 Å². The average molecular weight is 283 g/mol. The molecule has 1 aliphatic heterocycles. The molecule has 0 aliphatic carbocycles. The van der Waals surface area contributed by atoms with Gasteiger partial charge in [0.1, 0.15) is 11.6 Å². The van der Waals surface area contributed by atoms with Crippen LogP contribution in [0.5, 0.6) is 5.75 Å². The van der Waals surface area contributed by atoms with E-state index in [-0.39, 0.29) is 12.4 Å². The summed E-state index contributed by atoms with van der Waals surface area (Å²) >= 11 is 0. The molecule has 1 aliphatic rings. The molecule has 0 spiro atoms. The minimum atomic E-state index is -0.982. The summed E-state index contributed by atoms with van der Waals surface area (Å²) in [5.41, 5.74) is 0.477. The van der Waals surface area contributed by atoms with E-state index in [4.69, 9.17) is 9.84 Å². The molecular weight excluding hydrogens is 265 g/mol. The molecule has 1 aromatic rings. The number of nitrogens with zero attached hydrogens (tertiary/aromatic N) is 1. The van der Waals surface area contributed by atoms with Crippen molar-refractivity contribution in [2.75, 3.05) is 20.2 Å². The SMILES string of the molecule is COc1ccc(F)c(CN2CC[C@H](C(=O)O)[C@H](O)C2)c1. The average Bonchev–Trinajstić information content (AvgIpc) is 2.41. The summed E-state index contributed by atoms with van der Waals surface area (Å²) in [6.45, 7) is 1.07. The van der Waals surface area contributed by atoms with Crippen molar-refractivity contribution in [3.8, 4) is 5.75 Å². The molecule has 1 saturated heterocycles. The standard InChI is InChI=1S/C14H18FNO4/c1-20-10-2-3-12(15)9(6-10)7-16-5-4-11(14(18)19)13(17)8-16/h2-3,6,11,13,17H,4-5,7-8H2,1H3,(H,18,19)/t11-,13+/m0/s1. The number of benzene rings is 1. The van der Waals surface area contributed by atoms with Crippen molar-refractivity contribution in [3.05, 3.63) is 29.6 Å². The number of carboxylic acids is 1. The Morgan fingerprint density at radius 2 is 2.30 bits per heavy atom. The zero-order chi connectivity index (χ0) is 14.7. The largest absolute Gasteiger partial charge is 0.497 e. The van der Waals surface area contributed by atoms with Gasteiger partial charge in [0, 0.05) is 18.7 Å². The summed E-state index contributed by atoms with van der Waals surface area (Å²) in [4.78, 5) is 12.8. The van der Waals surface area contributed by atoms with Crippen molar-refractivity contribution in [2.24, 2.45) is 5.92 Å². The molecular formula is C14H18FNO4. The van der Waals surface area contributed by atoms with Gasteiger partial charge in [-0.1, -0.05) is 0 Å². The minimum Gasteiger partial charge on any atom is -0.497 e. The molecule has 6 heteroatoms. The fraction of sp³-hybridized carbons (Fsp3) is 0.500. The summed E-state index contributed by atoms with van der Waals surface area (Å²) < 4.78 is 18.8. The second-order valence-corrected chi connectivity index (χ2v) is 4.99. The Kier molecular flexibility index (Phi) is 4.57. The highest BCUT2D eigenvalue weighted by Gasteiger charge is 2.32. The minimum absolute atomic E-state index is 0.230. The van der Waals surface area contributed by atoms with Crippen molar-refractivity contribution in [1.82, 2.24) is 4.90 Å². The number of ether oxygens (including phenoxy) is 1. The molecule has 20 heavy (non-hydrogen) atoms. The van der Waals surface area contributed by atoms with Crippen LogP contribution >= 0.6 is 0 Å². The second kappa shape index (κ2) is 6.19.